The summed E-state index contributed by atoms with van der Waals surface area (Å²) < 4.78 is 27.8. The van der Waals surface area contributed by atoms with Crippen molar-refractivity contribution in [3.05, 3.63) is 50.6 Å². The van der Waals surface area contributed by atoms with Gasteiger partial charge in [-0.05, 0) is 46.1 Å². The van der Waals surface area contributed by atoms with Crippen LogP contribution in [0.2, 0.25) is 0 Å². The van der Waals surface area contributed by atoms with E-state index in [1.807, 2.05) is 11.4 Å². The maximum atomic E-state index is 12.1. The molecule has 20 heavy (non-hydrogen) atoms. The SMILES string of the molecule is O=S(=O)(NCc1cc(Br)cs1)c1ccc(CCCl)cc1. The number of hydrogen-bond donors (Lipinski definition) is 1. The van der Waals surface area contributed by atoms with Crippen molar-refractivity contribution in [2.75, 3.05) is 5.88 Å². The van der Waals surface area contributed by atoms with Crippen molar-refractivity contribution in [1.82, 2.24) is 4.72 Å². The molecular weight excluding hydrogens is 382 g/mol. The second-order valence-electron chi connectivity index (χ2n) is 4.14. The molecule has 0 saturated heterocycles. The Morgan fingerprint density at radius 1 is 1.25 bits per heavy atom. The Bertz CT molecular complexity index is 668. The Kier molecular flexibility index (Phi) is 5.63. The fourth-order valence-corrected chi connectivity index (χ4v) is 4.35. The first-order valence-electron chi connectivity index (χ1n) is 5.89. The van der Waals surface area contributed by atoms with Crippen LogP contribution in [0.1, 0.15) is 10.4 Å². The molecule has 0 aliphatic heterocycles. The minimum Gasteiger partial charge on any atom is -0.207 e. The predicted molar refractivity (Wildman–Crippen MR) is 86.9 cm³/mol. The van der Waals surface area contributed by atoms with E-state index in [1.54, 1.807) is 24.3 Å². The molecule has 1 aromatic heterocycles. The maximum Gasteiger partial charge on any atom is 0.240 e. The summed E-state index contributed by atoms with van der Waals surface area (Å²) in [5.74, 6) is 0.525. The lowest BCUT2D eigenvalue weighted by molar-refractivity contribution is 0.582. The van der Waals surface area contributed by atoms with Crippen molar-refractivity contribution in [1.29, 1.82) is 0 Å². The first-order valence-corrected chi connectivity index (χ1v) is 9.58. The van der Waals surface area contributed by atoms with Crippen molar-refractivity contribution >= 4 is 48.9 Å². The second kappa shape index (κ2) is 7.04. The first-order chi connectivity index (χ1) is 9.51. The van der Waals surface area contributed by atoms with Crippen molar-refractivity contribution in [3.63, 3.8) is 0 Å². The molecule has 0 spiro atoms. The highest BCUT2D eigenvalue weighted by Crippen LogP contribution is 2.20. The molecule has 0 bridgehead atoms. The fourth-order valence-electron chi connectivity index (χ4n) is 1.64. The van der Waals surface area contributed by atoms with Gasteiger partial charge >= 0.3 is 0 Å². The van der Waals surface area contributed by atoms with Gasteiger partial charge in [0.2, 0.25) is 10.0 Å². The third-order valence-electron chi connectivity index (χ3n) is 2.67. The quantitative estimate of drug-likeness (QED) is 0.758. The van der Waals surface area contributed by atoms with Crippen LogP contribution in [0.25, 0.3) is 0 Å². The fraction of sp³-hybridized carbons (Fsp3) is 0.231. The summed E-state index contributed by atoms with van der Waals surface area (Å²) in [4.78, 5) is 1.23. The lowest BCUT2D eigenvalue weighted by Crippen LogP contribution is -2.22. The minimum atomic E-state index is -3.47. The van der Waals surface area contributed by atoms with Crippen molar-refractivity contribution < 1.29 is 8.42 Å². The largest absolute Gasteiger partial charge is 0.240 e. The van der Waals surface area contributed by atoms with Crippen LogP contribution in [-0.2, 0) is 23.0 Å². The zero-order valence-corrected chi connectivity index (χ0v) is 14.4. The maximum absolute atomic E-state index is 12.1. The summed E-state index contributed by atoms with van der Waals surface area (Å²) in [6, 6.07) is 8.69. The number of sulfonamides is 1. The van der Waals surface area contributed by atoms with E-state index in [2.05, 4.69) is 20.7 Å². The molecule has 0 amide bonds. The zero-order chi connectivity index (χ0) is 14.6. The topological polar surface area (TPSA) is 46.2 Å². The zero-order valence-electron chi connectivity index (χ0n) is 10.5. The molecule has 1 N–H and O–H groups in total. The molecule has 0 aliphatic carbocycles. The van der Waals surface area contributed by atoms with Crippen LogP contribution in [0.3, 0.4) is 0 Å². The Hall–Kier alpha value is -0.400. The molecule has 1 heterocycles. The summed E-state index contributed by atoms with van der Waals surface area (Å²) in [6.07, 6.45) is 0.735. The number of hydrogen-bond acceptors (Lipinski definition) is 3. The third kappa shape index (κ3) is 4.30. The summed E-state index contributed by atoms with van der Waals surface area (Å²) in [7, 11) is -3.47. The van der Waals surface area contributed by atoms with Crippen LogP contribution in [0.4, 0.5) is 0 Å². The van der Waals surface area contributed by atoms with Gasteiger partial charge in [0.1, 0.15) is 0 Å². The van der Waals surface area contributed by atoms with Gasteiger partial charge in [-0.25, -0.2) is 13.1 Å². The van der Waals surface area contributed by atoms with E-state index < -0.39 is 10.0 Å². The van der Waals surface area contributed by atoms with E-state index in [0.29, 0.717) is 12.4 Å². The van der Waals surface area contributed by atoms with Crippen LogP contribution >= 0.6 is 38.9 Å². The Morgan fingerprint density at radius 2 is 1.95 bits per heavy atom. The number of rotatable bonds is 6. The predicted octanol–water partition coefficient (Wildman–Crippen LogP) is 3.77. The lowest BCUT2D eigenvalue weighted by atomic mass is 10.2. The van der Waals surface area contributed by atoms with Gasteiger partial charge in [0.05, 0.1) is 4.90 Å². The summed E-state index contributed by atoms with van der Waals surface area (Å²) in [6.45, 7) is 0.294. The molecular formula is C13H13BrClNO2S2. The van der Waals surface area contributed by atoms with Crippen LogP contribution in [-0.4, -0.2) is 14.3 Å². The van der Waals surface area contributed by atoms with Gasteiger partial charge in [0.15, 0.2) is 0 Å². The molecule has 1 aromatic carbocycles. The van der Waals surface area contributed by atoms with E-state index in [9.17, 15) is 8.42 Å². The van der Waals surface area contributed by atoms with Crippen LogP contribution < -0.4 is 4.72 Å². The molecule has 0 radical (unpaired) electrons. The highest BCUT2D eigenvalue weighted by atomic mass is 79.9. The second-order valence-corrected chi connectivity index (χ2v) is 8.20. The lowest BCUT2D eigenvalue weighted by Gasteiger charge is -2.06. The van der Waals surface area contributed by atoms with Gasteiger partial charge in [0.25, 0.3) is 0 Å². The molecule has 0 unspecified atom stereocenters. The Balaban J connectivity index is 2.05. The summed E-state index contributed by atoms with van der Waals surface area (Å²) in [5.41, 5.74) is 1.03. The molecule has 7 heteroatoms. The van der Waals surface area contributed by atoms with E-state index in [4.69, 9.17) is 11.6 Å². The van der Waals surface area contributed by atoms with Gasteiger partial charge in [-0.15, -0.1) is 22.9 Å². The van der Waals surface area contributed by atoms with Crippen LogP contribution in [0.5, 0.6) is 0 Å². The van der Waals surface area contributed by atoms with Gasteiger partial charge in [-0.2, -0.15) is 0 Å². The average molecular weight is 395 g/mol. The van der Waals surface area contributed by atoms with Crippen molar-refractivity contribution in [3.8, 4) is 0 Å². The molecule has 2 rings (SSSR count). The average Bonchev–Trinajstić information content (AvgIpc) is 2.84. The van der Waals surface area contributed by atoms with Gasteiger partial charge < -0.3 is 0 Å². The molecule has 2 aromatic rings. The van der Waals surface area contributed by atoms with Crippen LogP contribution in [0.15, 0.2) is 45.1 Å². The molecule has 0 aliphatic rings. The van der Waals surface area contributed by atoms with Crippen LogP contribution in [0, 0.1) is 0 Å². The Morgan fingerprint density at radius 3 is 2.50 bits per heavy atom. The smallest absolute Gasteiger partial charge is 0.207 e. The number of benzene rings is 1. The first kappa shape index (κ1) is 16.0. The van der Waals surface area contributed by atoms with Gasteiger partial charge in [0, 0.05) is 27.2 Å². The molecule has 0 atom stereocenters. The number of alkyl halides is 1. The van der Waals surface area contributed by atoms with E-state index >= 15 is 0 Å². The minimum absolute atomic E-state index is 0.270. The third-order valence-corrected chi connectivity index (χ3v) is 5.98. The van der Waals surface area contributed by atoms with E-state index in [-0.39, 0.29) is 4.90 Å². The number of nitrogens with one attached hydrogen (secondary N) is 1. The van der Waals surface area contributed by atoms with E-state index in [1.165, 1.54) is 11.3 Å². The molecule has 0 saturated carbocycles. The molecule has 108 valence electrons. The Labute approximate surface area is 136 Å². The van der Waals surface area contributed by atoms with Crippen molar-refractivity contribution in [2.24, 2.45) is 0 Å². The summed E-state index contributed by atoms with van der Waals surface area (Å²) in [5, 5.41) is 1.92. The number of aryl methyl sites for hydroxylation is 1. The monoisotopic (exact) mass is 393 g/mol. The standard InChI is InChI=1S/C13H13BrClNO2S2/c14-11-7-12(19-9-11)8-16-20(17,18)13-3-1-10(2-4-13)5-6-15/h1-4,7,9,16H,5-6,8H2. The highest BCUT2D eigenvalue weighted by Gasteiger charge is 2.13. The highest BCUT2D eigenvalue weighted by molar-refractivity contribution is 9.10. The molecule has 3 nitrogen and oxygen atoms in total. The van der Waals surface area contributed by atoms with Crippen molar-refractivity contribution in [2.45, 2.75) is 17.9 Å². The number of halogens is 2. The van der Waals surface area contributed by atoms with E-state index in [0.717, 1.165) is 21.3 Å². The van der Waals surface area contributed by atoms with Gasteiger partial charge in [-0.3, -0.25) is 0 Å². The normalized spacial score (nSPS) is 11.7. The van der Waals surface area contributed by atoms with Gasteiger partial charge in [-0.1, -0.05) is 12.1 Å². The molecule has 0 fully saturated rings. The summed E-state index contributed by atoms with van der Waals surface area (Å²) >= 11 is 10.5. The number of thiophene rings is 1.